The summed E-state index contributed by atoms with van der Waals surface area (Å²) in [5.41, 5.74) is 3.47. The second kappa shape index (κ2) is 12.2. The molecule has 8 heteroatoms. The Hall–Kier alpha value is -2.77. The first-order chi connectivity index (χ1) is 17.8. The summed E-state index contributed by atoms with van der Waals surface area (Å²) in [7, 11) is 0. The summed E-state index contributed by atoms with van der Waals surface area (Å²) in [4.78, 5) is 31.9. The summed E-state index contributed by atoms with van der Waals surface area (Å²) in [5.74, 6) is 0.371. The molecule has 0 bridgehead atoms. The number of rotatable bonds is 9. The van der Waals surface area contributed by atoms with Gasteiger partial charge in [-0.1, -0.05) is 36.7 Å². The van der Waals surface area contributed by atoms with E-state index in [-0.39, 0.29) is 24.1 Å². The number of fused-ring (bicyclic) bond motifs is 1. The van der Waals surface area contributed by atoms with Crippen molar-refractivity contribution in [1.82, 2.24) is 0 Å². The van der Waals surface area contributed by atoms with Crippen molar-refractivity contribution in [3.8, 4) is 11.5 Å². The zero-order valence-corrected chi connectivity index (χ0v) is 22.9. The van der Waals surface area contributed by atoms with Gasteiger partial charge < -0.3 is 14.6 Å². The van der Waals surface area contributed by atoms with Gasteiger partial charge in [0.05, 0.1) is 18.1 Å². The predicted octanol–water partition coefficient (Wildman–Crippen LogP) is 6.32. The van der Waals surface area contributed by atoms with Crippen LogP contribution in [0.3, 0.4) is 0 Å². The number of carbonyl (C=O) groups excluding carboxylic acids is 2. The van der Waals surface area contributed by atoms with Gasteiger partial charge in [0.1, 0.15) is 12.4 Å². The van der Waals surface area contributed by atoms with Crippen LogP contribution in [0.1, 0.15) is 56.6 Å². The molecule has 0 aromatic heterocycles. The molecule has 6 nitrogen and oxygen atoms in total. The van der Waals surface area contributed by atoms with Gasteiger partial charge in [0.2, 0.25) is 0 Å². The smallest absolute Gasteiger partial charge is 0.336 e. The number of phenolic OH excluding ortho intramolecular Hbond substituents is 1. The van der Waals surface area contributed by atoms with Crippen LogP contribution in [0.25, 0.3) is 0 Å². The Morgan fingerprint density at radius 1 is 1.11 bits per heavy atom. The fourth-order valence-corrected chi connectivity index (χ4v) is 5.80. The molecule has 2 aromatic carbocycles. The first-order valence-corrected chi connectivity index (χ1v) is 14.1. The number of hydrogen-bond acceptors (Lipinski definition) is 7. The molecule has 1 fully saturated rings. The Bertz CT molecular complexity index is 1220. The molecule has 1 unspecified atom stereocenters. The van der Waals surface area contributed by atoms with Crippen LogP contribution in [-0.4, -0.2) is 47.3 Å². The lowest BCUT2D eigenvalue weighted by atomic mass is 9.66. The molecule has 1 aliphatic carbocycles. The molecule has 0 radical (unpaired) electrons. The average Bonchev–Trinajstić information content (AvgIpc) is 2.87. The van der Waals surface area contributed by atoms with E-state index in [1.165, 1.54) is 0 Å². The normalized spacial score (nSPS) is 21.4. The van der Waals surface area contributed by atoms with Gasteiger partial charge in [-0.2, -0.15) is 11.8 Å². The molecule has 37 heavy (non-hydrogen) atoms. The van der Waals surface area contributed by atoms with Gasteiger partial charge >= 0.3 is 5.97 Å². The number of carbonyl (C=O) groups is 2. The van der Waals surface area contributed by atoms with Gasteiger partial charge in [0.15, 0.2) is 11.5 Å². The van der Waals surface area contributed by atoms with Crippen molar-refractivity contribution in [3.05, 3.63) is 69.9 Å². The Kier molecular flexibility index (Phi) is 8.98. The standard InChI is InChI=1S/C29H32ClNO5S/c1-4-35-25-16-19(8-11-23(25)32)27-26(29(34)36-12-13-37-5-2)17(3)31-22-14-20(15-24(33)28(22)27)18-6-9-21(30)10-7-18/h6-11,16,20,27-28,32H,4-5,12-15H2,1-3H3/t20-,27+,28?/m0/s1. The minimum atomic E-state index is -0.584. The van der Waals surface area contributed by atoms with Crippen LogP contribution < -0.4 is 4.74 Å². The van der Waals surface area contributed by atoms with E-state index in [1.807, 2.05) is 31.2 Å². The third-order valence-corrected chi connectivity index (χ3v) is 7.94. The Morgan fingerprint density at radius 3 is 2.54 bits per heavy atom. The topological polar surface area (TPSA) is 85.2 Å². The summed E-state index contributed by atoms with van der Waals surface area (Å²) in [6, 6.07) is 12.6. The van der Waals surface area contributed by atoms with Gasteiger partial charge in [0, 0.05) is 34.5 Å². The Morgan fingerprint density at radius 2 is 1.84 bits per heavy atom. The fourth-order valence-electron chi connectivity index (χ4n) is 5.18. The number of nitrogens with zero attached hydrogens (tertiary/aromatic N) is 1. The lowest BCUT2D eigenvalue weighted by Gasteiger charge is -2.38. The average molecular weight is 542 g/mol. The SMILES string of the molecule is CCOc1cc([C@@H]2C(C(=O)OCCSCC)=C(C)N=C3C[C@H](c4ccc(Cl)cc4)CC(=O)C32)ccc1O. The van der Waals surface area contributed by atoms with Crippen LogP contribution >= 0.6 is 23.4 Å². The minimum absolute atomic E-state index is 0.00779. The fraction of sp³-hybridized carbons (Fsp3) is 0.414. The second-order valence-corrected chi connectivity index (χ2v) is 11.0. The summed E-state index contributed by atoms with van der Waals surface area (Å²) >= 11 is 7.77. The summed E-state index contributed by atoms with van der Waals surface area (Å²) in [5, 5.41) is 10.9. The Balaban J connectivity index is 1.74. The number of benzene rings is 2. The molecular weight excluding hydrogens is 510 g/mol. The number of esters is 1. The molecule has 1 aliphatic heterocycles. The second-order valence-electron chi connectivity index (χ2n) is 9.17. The third-order valence-electron chi connectivity index (χ3n) is 6.82. The quantitative estimate of drug-likeness (QED) is 0.295. The van der Waals surface area contributed by atoms with Gasteiger partial charge in [-0.05, 0) is 67.3 Å². The van der Waals surface area contributed by atoms with Crippen LogP contribution in [0, 0.1) is 5.92 Å². The maximum atomic E-state index is 13.7. The van der Waals surface area contributed by atoms with E-state index in [9.17, 15) is 14.7 Å². The summed E-state index contributed by atoms with van der Waals surface area (Å²) in [6.07, 6.45) is 0.949. The molecule has 4 rings (SSSR count). The van der Waals surface area contributed by atoms with Crippen molar-refractivity contribution in [2.45, 2.75) is 45.4 Å². The van der Waals surface area contributed by atoms with Gasteiger partial charge in [-0.15, -0.1) is 0 Å². The molecule has 0 saturated heterocycles. The number of phenols is 1. The molecule has 2 aromatic rings. The van der Waals surface area contributed by atoms with Crippen molar-refractivity contribution < 1.29 is 24.2 Å². The highest BCUT2D eigenvalue weighted by molar-refractivity contribution is 7.99. The first-order valence-electron chi connectivity index (χ1n) is 12.6. The first kappa shape index (κ1) is 27.3. The lowest BCUT2D eigenvalue weighted by Crippen LogP contribution is -2.41. The highest BCUT2D eigenvalue weighted by Gasteiger charge is 2.46. The summed E-state index contributed by atoms with van der Waals surface area (Å²) < 4.78 is 11.3. The minimum Gasteiger partial charge on any atom is -0.504 e. The van der Waals surface area contributed by atoms with E-state index in [1.54, 1.807) is 36.9 Å². The molecule has 0 spiro atoms. The van der Waals surface area contributed by atoms with E-state index in [2.05, 4.69) is 6.92 Å². The van der Waals surface area contributed by atoms with Crippen LogP contribution in [0.15, 0.2) is 58.7 Å². The highest BCUT2D eigenvalue weighted by atomic mass is 35.5. The molecule has 3 atom stereocenters. The lowest BCUT2D eigenvalue weighted by molar-refractivity contribution is -0.139. The van der Waals surface area contributed by atoms with Crippen molar-refractivity contribution in [3.63, 3.8) is 0 Å². The van der Waals surface area contributed by atoms with E-state index in [4.69, 9.17) is 26.1 Å². The van der Waals surface area contributed by atoms with E-state index >= 15 is 0 Å². The maximum absolute atomic E-state index is 13.7. The molecule has 1 heterocycles. The number of aliphatic imine (C=N–C) groups is 1. The van der Waals surface area contributed by atoms with Crippen molar-refractivity contribution in [1.29, 1.82) is 0 Å². The molecule has 196 valence electrons. The number of aromatic hydroxyl groups is 1. The van der Waals surface area contributed by atoms with Crippen LogP contribution in [-0.2, 0) is 14.3 Å². The predicted molar refractivity (Wildman–Crippen MR) is 148 cm³/mol. The zero-order valence-electron chi connectivity index (χ0n) is 21.3. The van der Waals surface area contributed by atoms with E-state index < -0.39 is 17.8 Å². The molecule has 0 amide bonds. The van der Waals surface area contributed by atoms with Crippen LogP contribution in [0.4, 0.5) is 0 Å². The number of halogens is 1. The largest absolute Gasteiger partial charge is 0.504 e. The van der Waals surface area contributed by atoms with Gasteiger partial charge in [-0.25, -0.2) is 4.79 Å². The van der Waals surface area contributed by atoms with Crippen molar-refractivity contribution in [2.24, 2.45) is 10.9 Å². The third kappa shape index (κ3) is 6.04. The van der Waals surface area contributed by atoms with E-state index in [0.29, 0.717) is 52.8 Å². The maximum Gasteiger partial charge on any atom is 0.336 e. The van der Waals surface area contributed by atoms with Gasteiger partial charge in [-0.3, -0.25) is 9.79 Å². The van der Waals surface area contributed by atoms with Crippen LogP contribution in [0.5, 0.6) is 11.5 Å². The molecule has 1 N–H and O–H groups in total. The monoisotopic (exact) mass is 541 g/mol. The van der Waals surface area contributed by atoms with E-state index in [0.717, 1.165) is 17.0 Å². The molecular formula is C29H32ClNO5S. The van der Waals surface area contributed by atoms with Crippen LogP contribution in [0.2, 0.25) is 5.02 Å². The summed E-state index contributed by atoms with van der Waals surface area (Å²) in [6.45, 7) is 6.35. The molecule has 2 aliphatic rings. The number of ether oxygens (including phenoxy) is 2. The number of hydrogen-bond donors (Lipinski definition) is 1. The van der Waals surface area contributed by atoms with Crippen molar-refractivity contribution >= 4 is 40.8 Å². The zero-order chi connectivity index (χ0) is 26.5. The molecule has 1 saturated carbocycles. The highest BCUT2D eigenvalue weighted by Crippen LogP contribution is 2.47. The Labute approximate surface area is 227 Å². The number of allylic oxidation sites excluding steroid dienone is 1. The number of thioether (sulfide) groups is 1. The number of Topliss-reactive ketones (excluding diaryl/α,β-unsaturated/α-hetero) is 1. The van der Waals surface area contributed by atoms with Gasteiger partial charge in [0.25, 0.3) is 0 Å². The number of ketones is 1. The van der Waals surface area contributed by atoms with Crippen molar-refractivity contribution in [2.75, 3.05) is 24.7 Å².